The van der Waals surface area contributed by atoms with E-state index in [1.807, 2.05) is 0 Å². The van der Waals surface area contributed by atoms with Crippen molar-refractivity contribution in [1.82, 2.24) is 5.32 Å². The quantitative estimate of drug-likeness (QED) is 0.766. The minimum Gasteiger partial charge on any atom is -0.317 e. The fourth-order valence-electron chi connectivity index (χ4n) is 3.34. The van der Waals surface area contributed by atoms with Crippen molar-refractivity contribution in [2.24, 2.45) is 5.92 Å². The van der Waals surface area contributed by atoms with E-state index in [1.54, 1.807) is 0 Å². The number of likely N-dealkylation sites (N-methyl/N-ethyl adjacent to an activating group) is 1. The summed E-state index contributed by atoms with van der Waals surface area (Å²) in [4.78, 5) is 0. The van der Waals surface area contributed by atoms with Crippen LogP contribution in [0.15, 0.2) is 18.2 Å². The number of hydrogen-bond donors (Lipinski definition) is 1. The van der Waals surface area contributed by atoms with Crippen LogP contribution in [0.25, 0.3) is 0 Å². The number of halogens is 1. The van der Waals surface area contributed by atoms with Gasteiger partial charge in [0.15, 0.2) is 0 Å². The van der Waals surface area contributed by atoms with E-state index in [4.69, 9.17) is 11.6 Å². The van der Waals surface area contributed by atoms with Gasteiger partial charge >= 0.3 is 0 Å². The number of nitrogens with one attached hydrogen (secondary N) is 1. The van der Waals surface area contributed by atoms with Crippen molar-refractivity contribution in [3.05, 3.63) is 34.3 Å². The van der Waals surface area contributed by atoms with Gasteiger partial charge in [-0.2, -0.15) is 0 Å². The first kappa shape index (κ1) is 15.9. The summed E-state index contributed by atoms with van der Waals surface area (Å²) < 4.78 is 0. The van der Waals surface area contributed by atoms with Crippen LogP contribution in [0, 0.1) is 12.8 Å². The van der Waals surface area contributed by atoms with Gasteiger partial charge in [-0.1, -0.05) is 55.8 Å². The molecule has 0 aromatic heterocycles. The van der Waals surface area contributed by atoms with E-state index in [2.05, 4.69) is 37.5 Å². The summed E-state index contributed by atoms with van der Waals surface area (Å²) in [6.45, 7) is 2.09. The summed E-state index contributed by atoms with van der Waals surface area (Å²) >= 11 is 6.35. The van der Waals surface area contributed by atoms with Crippen LogP contribution in [-0.4, -0.2) is 13.1 Å². The van der Waals surface area contributed by atoms with Gasteiger partial charge in [-0.05, 0) is 56.3 Å². The molecule has 112 valence electrons. The van der Waals surface area contributed by atoms with Gasteiger partial charge in [0.2, 0.25) is 0 Å². The van der Waals surface area contributed by atoms with Gasteiger partial charge in [0.1, 0.15) is 0 Å². The maximum absolute atomic E-state index is 6.35. The van der Waals surface area contributed by atoms with Gasteiger partial charge in [0.25, 0.3) is 0 Å². The molecule has 1 aliphatic carbocycles. The van der Waals surface area contributed by atoms with Crippen LogP contribution < -0.4 is 5.32 Å². The SMILES string of the molecule is CNC(CCC1CCCCC1)Cc1ccc(C)cc1Cl. The minimum absolute atomic E-state index is 0.553. The van der Waals surface area contributed by atoms with Crippen molar-refractivity contribution in [1.29, 1.82) is 0 Å². The van der Waals surface area contributed by atoms with E-state index < -0.39 is 0 Å². The Hall–Kier alpha value is -0.530. The van der Waals surface area contributed by atoms with Crippen molar-refractivity contribution in [3.63, 3.8) is 0 Å². The molecule has 0 bridgehead atoms. The third kappa shape index (κ3) is 4.79. The van der Waals surface area contributed by atoms with Gasteiger partial charge in [-0.3, -0.25) is 0 Å². The summed E-state index contributed by atoms with van der Waals surface area (Å²) in [6, 6.07) is 6.97. The zero-order valence-electron chi connectivity index (χ0n) is 12.9. The van der Waals surface area contributed by atoms with Gasteiger partial charge < -0.3 is 5.32 Å². The molecule has 1 aromatic carbocycles. The van der Waals surface area contributed by atoms with Gasteiger partial charge in [0.05, 0.1) is 0 Å². The molecule has 1 N–H and O–H groups in total. The minimum atomic E-state index is 0.553. The molecular formula is C18H28ClN. The monoisotopic (exact) mass is 293 g/mol. The second kappa shape index (κ2) is 8.05. The molecule has 1 aromatic rings. The molecule has 1 atom stereocenters. The second-order valence-electron chi connectivity index (χ2n) is 6.37. The second-order valence-corrected chi connectivity index (χ2v) is 6.77. The van der Waals surface area contributed by atoms with Gasteiger partial charge in [0, 0.05) is 11.1 Å². The smallest absolute Gasteiger partial charge is 0.0441 e. The standard InChI is InChI=1S/C18H28ClN/c1-14-8-10-16(18(19)12-14)13-17(20-2)11-9-15-6-4-3-5-7-15/h8,10,12,15,17,20H,3-7,9,11,13H2,1-2H3. The molecule has 1 saturated carbocycles. The lowest BCUT2D eigenvalue weighted by atomic mass is 9.84. The van der Waals surface area contributed by atoms with Crippen molar-refractivity contribution >= 4 is 11.6 Å². The largest absolute Gasteiger partial charge is 0.317 e. The van der Waals surface area contributed by atoms with Crippen molar-refractivity contribution in [2.75, 3.05) is 7.05 Å². The third-order valence-electron chi connectivity index (χ3n) is 4.73. The first-order valence-corrected chi connectivity index (χ1v) is 8.49. The average Bonchev–Trinajstić information content (AvgIpc) is 2.46. The maximum Gasteiger partial charge on any atom is 0.0441 e. The molecular weight excluding hydrogens is 266 g/mol. The summed E-state index contributed by atoms with van der Waals surface area (Å²) in [7, 11) is 2.08. The van der Waals surface area contributed by atoms with Crippen molar-refractivity contribution < 1.29 is 0 Å². The lowest BCUT2D eigenvalue weighted by Crippen LogP contribution is -2.28. The highest BCUT2D eigenvalue weighted by atomic mass is 35.5. The Kier molecular flexibility index (Phi) is 6.38. The summed E-state index contributed by atoms with van der Waals surface area (Å²) in [5.74, 6) is 0.966. The zero-order valence-corrected chi connectivity index (χ0v) is 13.7. The molecule has 0 heterocycles. The molecule has 0 saturated heterocycles. The van der Waals surface area contributed by atoms with Crippen LogP contribution in [0.5, 0.6) is 0 Å². The van der Waals surface area contributed by atoms with E-state index in [0.717, 1.165) is 17.4 Å². The molecule has 20 heavy (non-hydrogen) atoms. The summed E-state index contributed by atoms with van der Waals surface area (Å²) in [5, 5.41) is 4.39. The molecule has 2 rings (SSSR count). The van der Waals surface area contributed by atoms with Gasteiger partial charge in [-0.15, -0.1) is 0 Å². The van der Waals surface area contributed by atoms with Crippen LogP contribution in [0.2, 0.25) is 5.02 Å². The Morgan fingerprint density at radius 2 is 2.00 bits per heavy atom. The Morgan fingerprint density at radius 1 is 1.25 bits per heavy atom. The molecule has 1 aliphatic rings. The van der Waals surface area contributed by atoms with Crippen molar-refractivity contribution in [3.8, 4) is 0 Å². The predicted octanol–water partition coefficient (Wildman–Crippen LogP) is 5.14. The van der Waals surface area contributed by atoms with E-state index in [-0.39, 0.29) is 0 Å². The molecule has 1 unspecified atom stereocenters. The highest BCUT2D eigenvalue weighted by molar-refractivity contribution is 6.31. The third-order valence-corrected chi connectivity index (χ3v) is 5.08. The molecule has 2 heteroatoms. The van der Waals surface area contributed by atoms with Crippen molar-refractivity contribution in [2.45, 2.75) is 64.3 Å². The molecule has 1 nitrogen and oxygen atoms in total. The first-order chi connectivity index (χ1) is 9.69. The predicted molar refractivity (Wildman–Crippen MR) is 88.5 cm³/mol. The highest BCUT2D eigenvalue weighted by Gasteiger charge is 2.16. The lowest BCUT2D eigenvalue weighted by Gasteiger charge is -2.24. The first-order valence-electron chi connectivity index (χ1n) is 8.11. The Morgan fingerprint density at radius 3 is 2.65 bits per heavy atom. The summed E-state index contributed by atoms with van der Waals surface area (Å²) in [5.41, 5.74) is 2.52. The molecule has 0 radical (unpaired) electrons. The zero-order chi connectivity index (χ0) is 14.4. The number of aryl methyl sites for hydroxylation is 1. The number of hydrogen-bond acceptors (Lipinski definition) is 1. The topological polar surface area (TPSA) is 12.0 Å². The van der Waals surface area contributed by atoms with E-state index in [0.29, 0.717) is 6.04 Å². The Bertz CT molecular complexity index is 410. The average molecular weight is 294 g/mol. The Balaban J connectivity index is 1.84. The van der Waals surface area contributed by atoms with E-state index >= 15 is 0 Å². The lowest BCUT2D eigenvalue weighted by molar-refractivity contribution is 0.316. The molecule has 1 fully saturated rings. The fraction of sp³-hybridized carbons (Fsp3) is 0.667. The molecule has 0 aliphatic heterocycles. The van der Waals surface area contributed by atoms with Crippen LogP contribution >= 0.6 is 11.6 Å². The van der Waals surface area contributed by atoms with E-state index in [9.17, 15) is 0 Å². The molecule has 0 spiro atoms. The van der Waals surface area contributed by atoms with Gasteiger partial charge in [-0.25, -0.2) is 0 Å². The maximum atomic E-state index is 6.35. The van der Waals surface area contributed by atoms with Crippen LogP contribution in [-0.2, 0) is 6.42 Å². The van der Waals surface area contributed by atoms with Crippen LogP contribution in [0.3, 0.4) is 0 Å². The Labute approximate surface area is 129 Å². The van der Waals surface area contributed by atoms with E-state index in [1.165, 1.54) is 56.1 Å². The normalized spacial score (nSPS) is 18.1. The number of benzene rings is 1. The fourth-order valence-corrected chi connectivity index (χ4v) is 3.66. The molecule has 0 amide bonds. The van der Waals surface area contributed by atoms with Crippen LogP contribution in [0.1, 0.15) is 56.1 Å². The highest BCUT2D eigenvalue weighted by Crippen LogP contribution is 2.28. The number of rotatable bonds is 6. The van der Waals surface area contributed by atoms with Crippen LogP contribution in [0.4, 0.5) is 0 Å². The summed E-state index contributed by atoms with van der Waals surface area (Å²) in [6.07, 6.45) is 10.9.